The molecule has 2 N–H and O–H groups in total. The van der Waals surface area contributed by atoms with Crippen LogP contribution in [0.2, 0.25) is 0 Å². The first kappa shape index (κ1) is 21.9. The lowest BCUT2D eigenvalue weighted by Crippen LogP contribution is -2.39. The number of aliphatic hydroxyl groups is 1. The Bertz CT molecular complexity index is 1080. The molecule has 5 nitrogen and oxygen atoms in total. The van der Waals surface area contributed by atoms with Crippen molar-refractivity contribution in [3.63, 3.8) is 0 Å². The van der Waals surface area contributed by atoms with Crippen LogP contribution in [0, 0.1) is 12.8 Å². The lowest BCUT2D eigenvalue weighted by molar-refractivity contribution is -0.125. The van der Waals surface area contributed by atoms with Gasteiger partial charge in [-0.25, -0.2) is 13.1 Å². The third kappa shape index (κ3) is 5.02. The number of hydrogen-bond acceptors (Lipinski definition) is 4. The summed E-state index contributed by atoms with van der Waals surface area (Å²) in [6.07, 6.45) is -1.17. The van der Waals surface area contributed by atoms with Crippen LogP contribution in [0.4, 0.5) is 0 Å². The first-order chi connectivity index (χ1) is 14.3. The molecule has 0 saturated heterocycles. The molecule has 0 aliphatic heterocycles. The van der Waals surface area contributed by atoms with Gasteiger partial charge in [0.15, 0.2) is 0 Å². The van der Waals surface area contributed by atoms with Crippen LogP contribution < -0.4 is 4.72 Å². The Hall–Kier alpha value is -2.80. The molecule has 156 valence electrons. The maximum Gasteiger partial charge on any atom is 0.241 e. The Kier molecular flexibility index (Phi) is 6.82. The van der Waals surface area contributed by atoms with E-state index in [-0.39, 0.29) is 10.7 Å². The molecule has 0 heterocycles. The van der Waals surface area contributed by atoms with Crippen molar-refractivity contribution in [1.82, 2.24) is 4.72 Å². The van der Waals surface area contributed by atoms with Crippen LogP contribution in [-0.2, 0) is 14.8 Å². The molecule has 0 fully saturated rings. The summed E-state index contributed by atoms with van der Waals surface area (Å²) in [7, 11) is -3.93. The normalized spacial score (nSPS) is 14.6. The second-order valence-electron chi connectivity index (χ2n) is 7.31. The standard InChI is InChI=1S/C24H25NO4S/c1-17-13-15-21(16-14-17)30(28,29)25-23(19-9-5-3-6-10-19)22(18(2)26)24(27)20-11-7-4-8-12-20/h3-16,22-25,27H,1-2H3/t22-,23-,24-/m0/s1. The van der Waals surface area contributed by atoms with Crippen LogP contribution in [-0.4, -0.2) is 19.3 Å². The average Bonchev–Trinajstić information content (AvgIpc) is 2.74. The van der Waals surface area contributed by atoms with Gasteiger partial charge >= 0.3 is 0 Å². The van der Waals surface area contributed by atoms with E-state index in [1.807, 2.05) is 19.1 Å². The van der Waals surface area contributed by atoms with E-state index in [1.54, 1.807) is 60.7 Å². The number of hydrogen-bond donors (Lipinski definition) is 2. The number of ketones is 1. The van der Waals surface area contributed by atoms with Gasteiger partial charge in [-0.15, -0.1) is 0 Å². The second kappa shape index (κ2) is 9.34. The molecular formula is C24H25NO4S. The van der Waals surface area contributed by atoms with E-state index in [1.165, 1.54) is 19.1 Å². The van der Waals surface area contributed by atoms with Crippen LogP contribution >= 0.6 is 0 Å². The molecule has 0 radical (unpaired) electrons. The van der Waals surface area contributed by atoms with Gasteiger partial charge in [-0.2, -0.15) is 0 Å². The molecule has 0 spiro atoms. The number of carbonyl (C=O) groups is 1. The van der Waals surface area contributed by atoms with Gasteiger partial charge in [0.25, 0.3) is 0 Å². The Morgan fingerprint density at radius 3 is 1.83 bits per heavy atom. The lowest BCUT2D eigenvalue weighted by Gasteiger charge is -2.30. The summed E-state index contributed by atoms with van der Waals surface area (Å²) in [6.45, 7) is 3.24. The van der Waals surface area contributed by atoms with Crippen LogP contribution in [0.15, 0.2) is 89.8 Å². The van der Waals surface area contributed by atoms with Crippen molar-refractivity contribution in [3.8, 4) is 0 Å². The highest BCUT2D eigenvalue weighted by Gasteiger charge is 2.37. The number of sulfonamides is 1. The minimum Gasteiger partial charge on any atom is -0.388 e. The van der Waals surface area contributed by atoms with Gasteiger partial charge in [-0.3, -0.25) is 4.79 Å². The third-order valence-corrected chi connectivity index (χ3v) is 6.54. The summed E-state index contributed by atoms with van der Waals surface area (Å²) >= 11 is 0. The summed E-state index contributed by atoms with van der Waals surface area (Å²) in [5, 5.41) is 11.0. The Morgan fingerprint density at radius 1 is 0.833 bits per heavy atom. The Labute approximate surface area is 177 Å². The van der Waals surface area contributed by atoms with Crippen molar-refractivity contribution in [1.29, 1.82) is 0 Å². The second-order valence-corrected chi connectivity index (χ2v) is 9.03. The highest BCUT2D eigenvalue weighted by Crippen LogP contribution is 2.35. The minimum atomic E-state index is -3.93. The summed E-state index contributed by atoms with van der Waals surface area (Å²) in [6, 6.07) is 23.2. The number of rotatable bonds is 8. The number of nitrogens with one attached hydrogen (secondary N) is 1. The molecule has 6 heteroatoms. The molecule has 3 aromatic rings. The van der Waals surface area contributed by atoms with E-state index in [9.17, 15) is 18.3 Å². The van der Waals surface area contributed by atoms with Gasteiger partial charge in [0.2, 0.25) is 10.0 Å². The maximum absolute atomic E-state index is 13.1. The van der Waals surface area contributed by atoms with Crippen LogP contribution in [0.5, 0.6) is 0 Å². The Balaban J connectivity index is 2.05. The fraction of sp³-hybridized carbons (Fsp3) is 0.208. The van der Waals surface area contributed by atoms with Crippen LogP contribution in [0.3, 0.4) is 0 Å². The van der Waals surface area contributed by atoms with E-state index in [0.717, 1.165) is 5.56 Å². The fourth-order valence-electron chi connectivity index (χ4n) is 3.46. The minimum absolute atomic E-state index is 0.102. The number of benzene rings is 3. The molecule has 0 aliphatic rings. The molecule has 3 atom stereocenters. The van der Waals surface area contributed by atoms with Gasteiger partial charge in [0.05, 0.1) is 23.0 Å². The van der Waals surface area contributed by atoms with Gasteiger partial charge in [-0.05, 0) is 37.1 Å². The van der Waals surface area contributed by atoms with Gasteiger partial charge < -0.3 is 5.11 Å². The molecule has 0 bridgehead atoms. The van der Waals surface area contributed by atoms with Crippen molar-refractivity contribution < 1.29 is 18.3 Å². The third-order valence-electron chi connectivity index (χ3n) is 5.08. The summed E-state index contributed by atoms with van der Waals surface area (Å²) < 4.78 is 28.9. The molecule has 0 unspecified atom stereocenters. The first-order valence-corrected chi connectivity index (χ1v) is 11.2. The number of carbonyl (C=O) groups excluding carboxylic acids is 1. The maximum atomic E-state index is 13.1. The molecule has 3 rings (SSSR count). The molecule has 30 heavy (non-hydrogen) atoms. The molecule has 0 saturated carbocycles. The van der Waals surface area contributed by atoms with Crippen molar-refractivity contribution in [2.75, 3.05) is 0 Å². The zero-order valence-electron chi connectivity index (χ0n) is 16.9. The summed E-state index contributed by atoms with van der Waals surface area (Å²) in [5.74, 6) is -1.32. The van der Waals surface area contributed by atoms with Crippen molar-refractivity contribution in [3.05, 3.63) is 102 Å². The van der Waals surface area contributed by atoms with Crippen LogP contribution in [0.25, 0.3) is 0 Å². The molecule has 0 aliphatic carbocycles. The Morgan fingerprint density at radius 2 is 1.33 bits per heavy atom. The molecule has 0 aromatic heterocycles. The smallest absolute Gasteiger partial charge is 0.241 e. The number of aliphatic hydroxyl groups excluding tert-OH is 1. The van der Waals surface area contributed by atoms with Gasteiger partial charge in [0, 0.05) is 0 Å². The van der Waals surface area contributed by atoms with Crippen molar-refractivity contribution in [2.24, 2.45) is 5.92 Å². The average molecular weight is 424 g/mol. The number of Topliss-reactive ketones (excluding diaryl/α,β-unsaturated/α-hetero) is 1. The monoisotopic (exact) mass is 423 g/mol. The zero-order chi connectivity index (χ0) is 21.7. The SMILES string of the molecule is CC(=O)[C@H]([C@@H](O)c1ccccc1)[C@@H](NS(=O)(=O)c1ccc(C)cc1)c1ccccc1. The number of aryl methyl sites for hydroxylation is 1. The fourth-order valence-corrected chi connectivity index (χ4v) is 4.71. The first-order valence-electron chi connectivity index (χ1n) is 9.67. The topological polar surface area (TPSA) is 83.5 Å². The van der Waals surface area contributed by atoms with E-state index in [0.29, 0.717) is 11.1 Å². The van der Waals surface area contributed by atoms with Crippen molar-refractivity contribution in [2.45, 2.75) is 30.9 Å². The van der Waals surface area contributed by atoms with Crippen LogP contribution in [0.1, 0.15) is 35.8 Å². The quantitative estimate of drug-likeness (QED) is 0.575. The molecule has 3 aromatic carbocycles. The van der Waals surface area contributed by atoms with E-state index in [2.05, 4.69) is 4.72 Å². The highest BCUT2D eigenvalue weighted by molar-refractivity contribution is 7.89. The van der Waals surface area contributed by atoms with Gasteiger partial charge in [0.1, 0.15) is 5.78 Å². The van der Waals surface area contributed by atoms with E-state index >= 15 is 0 Å². The summed E-state index contributed by atoms with van der Waals surface area (Å²) in [5.41, 5.74) is 2.09. The largest absolute Gasteiger partial charge is 0.388 e. The molecular weight excluding hydrogens is 398 g/mol. The lowest BCUT2D eigenvalue weighted by atomic mass is 9.83. The predicted octanol–water partition coefficient (Wildman–Crippen LogP) is 3.95. The van der Waals surface area contributed by atoms with E-state index < -0.39 is 28.1 Å². The van der Waals surface area contributed by atoms with Gasteiger partial charge in [-0.1, -0.05) is 78.4 Å². The zero-order valence-corrected chi connectivity index (χ0v) is 17.7. The summed E-state index contributed by atoms with van der Waals surface area (Å²) in [4.78, 5) is 12.7. The highest BCUT2D eigenvalue weighted by atomic mass is 32.2. The predicted molar refractivity (Wildman–Crippen MR) is 116 cm³/mol. The van der Waals surface area contributed by atoms with Crippen molar-refractivity contribution >= 4 is 15.8 Å². The molecule has 0 amide bonds. The van der Waals surface area contributed by atoms with E-state index in [4.69, 9.17) is 0 Å².